The minimum absolute atomic E-state index is 0.0591. The van der Waals surface area contributed by atoms with E-state index >= 15 is 0 Å². The molecule has 0 radical (unpaired) electrons. The molecule has 0 bridgehead atoms. The van der Waals surface area contributed by atoms with E-state index in [0.717, 1.165) is 13.8 Å². The van der Waals surface area contributed by atoms with Crippen molar-refractivity contribution in [1.29, 1.82) is 0 Å². The molecular formula is C27H34O14. The van der Waals surface area contributed by atoms with E-state index < -0.39 is 84.4 Å². The third kappa shape index (κ3) is 5.81. The highest BCUT2D eigenvalue weighted by Gasteiger charge is 2.53. The van der Waals surface area contributed by atoms with Crippen LogP contribution in [-0.2, 0) is 28.5 Å². The first-order chi connectivity index (χ1) is 19.1. The van der Waals surface area contributed by atoms with Gasteiger partial charge in [-0.05, 0) is 45.9 Å². The standard InChI is InChI=1S/C27H34O14/c1-11(36-24-20(33)19(32)18(31)15(10-28)38-24)27(5,35)25(34)40-23-22(37-12(2)29)17-14(41-26(23,3)4)8-6-13-7-9-16(30)39-21(13)17/h6-9,11,15,18-20,22-24,28,31-33,35H,10H2,1-5H3. The van der Waals surface area contributed by atoms with Crippen LogP contribution in [0.1, 0.15) is 46.3 Å². The van der Waals surface area contributed by atoms with Gasteiger partial charge in [0.1, 0.15) is 41.3 Å². The number of rotatable bonds is 7. The summed E-state index contributed by atoms with van der Waals surface area (Å²) in [6, 6.07) is 5.97. The first kappa shape index (κ1) is 30.8. The highest BCUT2D eigenvalue weighted by atomic mass is 16.7. The van der Waals surface area contributed by atoms with Crippen LogP contribution in [0, 0.1) is 0 Å². The van der Waals surface area contributed by atoms with Gasteiger partial charge in [0.25, 0.3) is 0 Å². The Labute approximate surface area is 233 Å². The zero-order valence-electron chi connectivity index (χ0n) is 23.0. The molecule has 2 aromatic rings. The second-order valence-corrected chi connectivity index (χ2v) is 10.8. The monoisotopic (exact) mass is 582 g/mol. The minimum Gasteiger partial charge on any atom is -0.483 e. The second-order valence-electron chi connectivity index (χ2n) is 10.8. The Hall–Kier alpha value is -3.11. The van der Waals surface area contributed by atoms with E-state index in [4.69, 9.17) is 28.1 Å². The van der Waals surface area contributed by atoms with Crippen LogP contribution in [0.3, 0.4) is 0 Å². The van der Waals surface area contributed by atoms with Gasteiger partial charge in [0.05, 0.1) is 18.3 Å². The van der Waals surface area contributed by atoms with Gasteiger partial charge in [0.15, 0.2) is 24.1 Å². The molecule has 1 aromatic heterocycles. The number of carbonyl (C=O) groups excluding carboxylic acids is 2. The van der Waals surface area contributed by atoms with Crippen LogP contribution in [0.5, 0.6) is 5.75 Å². The number of aliphatic hydroxyl groups excluding tert-OH is 4. The number of hydrogen-bond acceptors (Lipinski definition) is 14. The van der Waals surface area contributed by atoms with Gasteiger partial charge in [-0.15, -0.1) is 0 Å². The number of fused-ring (bicyclic) bond motifs is 3. The summed E-state index contributed by atoms with van der Waals surface area (Å²) >= 11 is 0. The summed E-state index contributed by atoms with van der Waals surface area (Å²) in [7, 11) is 0. The molecule has 0 saturated carbocycles. The van der Waals surface area contributed by atoms with Gasteiger partial charge in [0, 0.05) is 18.4 Å². The van der Waals surface area contributed by atoms with Crippen molar-refractivity contribution in [3.8, 4) is 5.75 Å². The number of hydrogen-bond donors (Lipinski definition) is 5. The number of ether oxygens (including phenoxy) is 5. The molecule has 0 amide bonds. The molecule has 9 atom stereocenters. The lowest BCUT2D eigenvalue weighted by atomic mass is 9.86. The summed E-state index contributed by atoms with van der Waals surface area (Å²) in [6.07, 6.45) is -12.2. The molecule has 14 nitrogen and oxygen atoms in total. The smallest absolute Gasteiger partial charge is 0.341 e. The summed E-state index contributed by atoms with van der Waals surface area (Å²) in [4.78, 5) is 37.6. The third-order valence-electron chi connectivity index (χ3n) is 7.32. The molecule has 226 valence electrons. The minimum atomic E-state index is -2.42. The Morgan fingerprint density at radius 2 is 1.73 bits per heavy atom. The number of aliphatic hydroxyl groups is 5. The van der Waals surface area contributed by atoms with Crippen molar-refractivity contribution < 1.29 is 63.2 Å². The molecule has 0 aliphatic carbocycles. The summed E-state index contributed by atoms with van der Waals surface area (Å²) in [5.41, 5.74) is -4.21. The van der Waals surface area contributed by atoms with Gasteiger partial charge < -0.3 is 53.6 Å². The Kier molecular flexibility index (Phi) is 8.49. The van der Waals surface area contributed by atoms with Crippen molar-refractivity contribution in [3.05, 3.63) is 40.2 Å². The van der Waals surface area contributed by atoms with Gasteiger partial charge in [-0.3, -0.25) is 4.79 Å². The molecule has 1 saturated heterocycles. The zero-order valence-corrected chi connectivity index (χ0v) is 23.0. The van der Waals surface area contributed by atoms with Crippen molar-refractivity contribution in [2.75, 3.05) is 6.61 Å². The maximum absolute atomic E-state index is 13.4. The summed E-state index contributed by atoms with van der Waals surface area (Å²) in [5, 5.41) is 51.4. The fourth-order valence-electron chi connectivity index (χ4n) is 4.77. The predicted molar refractivity (Wildman–Crippen MR) is 137 cm³/mol. The SMILES string of the molecule is CC(=O)OC1c2c(ccc3ccc(=O)oc23)OC(C)(C)C1OC(=O)C(C)(O)C(C)OC1OC(CO)C(O)C(O)C1O. The van der Waals surface area contributed by atoms with Crippen molar-refractivity contribution in [2.24, 2.45) is 0 Å². The van der Waals surface area contributed by atoms with Crippen LogP contribution in [0.4, 0.5) is 0 Å². The van der Waals surface area contributed by atoms with Gasteiger partial charge >= 0.3 is 17.6 Å². The first-order valence-electron chi connectivity index (χ1n) is 12.9. The molecule has 4 rings (SSSR count). The second kappa shape index (κ2) is 11.3. The van der Waals surface area contributed by atoms with Crippen molar-refractivity contribution in [1.82, 2.24) is 0 Å². The molecule has 1 fully saturated rings. The lowest BCUT2D eigenvalue weighted by molar-refractivity contribution is -0.320. The van der Waals surface area contributed by atoms with Crippen LogP contribution in [0.2, 0.25) is 0 Å². The van der Waals surface area contributed by atoms with E-state index in [1.807, 2.05) is 0 Å². The quantitative estimate of drug-likeness (QED) is 0.205. The molecule has 0 spiro atoms. The average Bonchev–Trinajstić information content (AvgIpc) is 2.89. The maximum Gasteiger partial charge on any atom is 0.341 e. The van der Waals surface area contributed by atoms with E-state index in [-0.39, 0.29) is 16.9 Å². The normalized spacial score (nSPS) is 31.3. The molecule has 2 aliphatic heterocycles. The fraction of sp³-hybridized carbons (Fsp3) is 0.593. The molecule has 41 heavy (non-hydrogen) atoms. The van der Waals surface area contributed by atoms with E-state index in [0.29, 0.717) is 5.39 Å². The van der Waals surface area contributed by atoms with Gasteiger partial charge in [-0.2, -0.15) is 0 Å². The van der Waals surface area contributed by atoms with Gasteiger partial charge in [-0.25, -0.2) is 9.59 Å². The highest BCUT2D eigenvalue weighted by Crippen LogP contribution is 2.46. The molecule has 9 unspecified atom stereocenters. The number of benzene rings is 1. The summed E-state index contributed by atoms with van der Waals surface area (Å²) in [5.74, 6) is -1.75. The van der Waals surface area contributed by atoms with Crippen molar-refractivity contribution >= 4 is 22.9 Å². The Morgan fingerprint density at radius 1 is 1.07 bits per heavy atom. The lowest BCUT2D eigenvalue weighted by Gasteiger charge is -2.44. The van der Waals surface area contributed by atoms with Crippen LogP contribution >= 0.6 is 0 Å². The van der Waals surface area contributed by atoms with E-state index in [1.165, 1.54) is 19.1 Å². The fourth-order valence-corrected chi connectivity index (χ4v) is 4.77. The van der Waals surface area contributed by atoms with Crippen LogP contribution < -0.4 is 10.4 Å². The number of carbonyl (C=O) groups is 2. The van der Waals surface area contributed by atoms with E-state index in [2.05, 4.69) is 0 Å². The molecule has 2 aliphatic rings. The zero-order chi connectivity index (χ0) is 30.4. The van der Waals surface area contributed by atoms with Crippen LogP contribution in [-0.4, -0.2) is 98.2 Å². The molecule has 3 heterocycles. The topological polar surface area (TPSA) is 212 Å². The van der Waals surface area contributed by atoms with Gasteiger partial charge in [-0.1, -0.05) is 0 Å². The Balaban J connectivity index is 1.63. The van der Waals surface area contributed by atoms with Gasteiger partial charge in [0.2, 0.25) is 0 Å². The van der Waals surface area contributed by atoms with E-state index in [9.17, 15) is 39.9 Å². The molecule has 5 N–H and O–H groups in total. The van der Waals surface area contributed by atoms with Crippen molar-refractivity contribution in [2.45, 2.75) is 94.8 Å². The maximum atomic E-state index is 13.4. The van der Waals surface area contributed by atoms with Crippen LogP contribution in [0.25, 0.3) is 11.0 Å². The molecular weight excluding hydrogens is 548 g/mol. The first-order valence-corrected chi connectivity index (χ1v) is 12.9. The summed E-state index contributed by atoms with van der Waals surface area (Å²) in [6.45, 7) is 5.92. The third-order valence-corrected chi connectivity index (χ3v) is 7.32. The summed E-state index contributed by atoms with van der Waals surface area (Å²) < 4.78 is 33.6. The van der Waals surface area contributed by atoms with Crippen LogP contribution in [0.15, 0.2) is 33.5 Å². The van der Waals surface area contributed by atoms with E-state index in [1.54, 1.807) is 26.0 Å². The lowest BCUT2D eigenvalue weighted by Crippen LogP contribution is -2.61. The highest BCUT2D eigenvalue weighted by molar-refractivity contribution is 5.84. The Bertz CT molecular complexity index is 1350. The predicted octanol–water partition coefficient (Wildman–Crippen LogP) is -0.564. The largest absolute Gasteiger partial charge is 0.483 e. The molecule has 1 aromatic carbocycles. The number of esters is 2. The average molecular weight is 583 g/mol. The Morgan fingerprint density at radius 3 is 2.37 bits per heavy atom. The van der Waals surface area contributed by atoms with Crippen molar-refractivity contribution in [3.63, 3.8) is 0 Å². The molecule has 14 heteroatoms.